The summed E-state index contributed by atoms with van der Waals surface area (Å²) in [5, 5.41) is 2.69. The number of hydrogen-bond donors (Lipinski definition) is 1. The molecule has 18 heavy (non-hydrogen) atoms. The van der Waals surface area contributed by atoms with Crippen LogP contribution in [0.15, 0.2) is 24.3 Å². The Balaban J connectivity index is 2.00. The van der Waals surface area contributed by atoms with E-state index in [1.165, 1.54) is 24.6 Å². The number of carbonyl (C=O) groups is 2. The number of benzene rings is 1. The average Bonchev–Trinajstić information content (AvgIpc) is 2.39. The molecule has 1 aromatic rings. The molecule has 1 amide bonds. The SMILES string of the molecule is O=C(NC1CCCCC1)C(=O)c1ccccc1F. The first kappa shape index (κ1) is 12.7. The van der Waals surface area contributed by atoms with E-state index in [-0.39, 0.29) is 11.6 Å². The number of ketones is 1. The number of amides is 1. The fourth-order valence-corrected chi connectivity index (χ4v) is 2.27. The highest BCUT2D eigenvalue weighted by Crippen LogP contribution is 2.17. The molecule has 3 nitrogen and oxygen atoms in total. The van der Waals surface area contributed by atoms with Crippen molar-refractivity contribution in [3.8, 4) is 0 Å². The molecule has 0 unspecified atom stereocenters. The minimum Gasteiger partial charge on any atom is -0.346 e. The molecule has 1 aliphatic carbocycles. The lowest BCUT2D eigenvalue weighted by Gasteiger charge is -2.22. The van der Waals surface area contributed by atoms with Gasteiger partial charge in [-0.25, -0.2) is 4.39 Å². The minimum absolute atomic E-state index is 0.0574. The van der Waals surface area contributed by atoms with E-state index in [4.69, 9.17) is 0 Å². The fraction of sp³-hybridized carbons (Fsp3) is 0.429. The molecule has 0 radical (unpaired) electrons. The molecule has 96 valence electrons. The van der Waals surface area contributed by atoms with Crippen LogP contribution in [0.2, 0.25) is 0 Å². The molecule has 4 heteroatoms. The van der Waals surface area contributed by atoms with Crippen molar-refractivity contribution in [1.29, 1.82) is 0 Å². The molecular formula is C14H16FNO2. The van der Waals surface area contributed by atoms with Crippen LogP contribution in [0.1, 0.15) is 42.5 Å². The van der Waals surface area contributed by atoms with Gasteiger partial charge in [0.1, 0.15) is 5.82 Å². The third kappa shape index (κ3) is 2.94. The predicted molar refractivity (Wildman–Crippen MR) is 65.7 cm³/mol. The molecule has 1 N–H and O–H groups in total. The van der Waals surface area contributed by atoms with Crippen LogP contribution in [0.25, 0.3) is 0 Å². The lowest BCUT2D eigenvalue weighted by Crippen LogP contribution is -2.40. The van der Waals surface area contributed by atoms with E-state index in [0.717, 1.165) is 25.7 Å². The van der Waals surface area contributed by atoms with Gasteiger partial charge in [-0.3, -0.25) is 9.59 Å². The Morgan fingerprint density at radius 1 is 1.11 bits per heavy atom. The van der Waals surface area contributed by atoms with Gasteiger partial charge in [0.25, 0.3) is 11.7 Å². The summed E-state index contributed by atoms with van der Waals surface area (Å²) < 4.78 is 13.4. The van der Waals surface area contributed by atoms with Crippen LogP contribution in [0.3, 0.4) is 0 Å². The molecule has 1 aromatic carbocycles. The van der Waals surface area contributed by atoms with Gasteiger partial charge in [-0.1, -0.05) is 31.4 Å². The van der Waals surface area contributed by atoms with Crippen molar-refractivity contribution in [2.45, 2.75) is 38.1 Å². The first-order valence-corrected chi connectivity index (χ1v) is 6.28. The summed E-state index contributed by atoms with van der Waals surface area (Å²) in [6, 6.07) is 5.61. The van der Waals surface area contributed by atoms with Gasteiger partial charge >= 0.3 is 0 Å². The quantitative estimate of drug-likeness (QED) is 0.660. The Morgan fingerprint density at radius 2 is 1.78 bits per heavy atom. The van der Waals surface area contributed by atoms with Crippen LogP contribution in [-0.4, -0.2) is 17.7 Å². The Hall–Kier alpha value is -1.71. The molecule has 0 saturated heterocycles. The second kappa shape index (κ2) is 5.76. The summed E-state index contributed by atoms with van der Waals surface area (Å²) in [5.74, 6) is -2.15. The third-order valence-electron chi connectivity index (χ3n) is 3.27. The van der Waals surface area contributed by atoms with Gasteiger partial charge in [-0.2, -0.15) is 0 Å². The topological polar surface area (TPSA) is 46.2 Å². The largest absolute Gasteiger partial charge is 0.346 e. The maximum absolute atomic E-state index is 13.4. The highest BCUT2D eigenvalue weighted by molar-refractivity contribution is 6.42. The molecule has 0 spiro atoms. The zero-order valence-electron chi connectivity index (χ0n) is 10.1. The van der Waals surface area contributed by atoms with Crippen LogP contribution in [0.5, 0.6) is 0 Å². The zero-order chi connectivity index (χ0) is 13.0. The predicted octanol–water partition coefficient (Wildman–Crippen LogP) is 2.46. The summed E-state index contributed by atoms with van der Waals surface area (Å²) in [6.07, 6.45) is 5.11. The van der Waals surface area contributed by atoms with Crippen molar-refractivity contribution in [1.82, 2.24) is 5.32 Å². The maximum Gasteiger partial charge on any atom is 0.292 e. The van der Waals surface area contributed by atoms with Gasteiger partial charge in [0.2, 0.25) is 0 Å². The molecule has 1 fully saturated rings. The molecule has 0 bridgehead atoms. The van der Waals surface area contributed by atoms with Crippen molar-refractivity contribution < 1.29 is 14.0 Å². The lowest BCUT2D eigenvalue weighted by atomic mass is 9.95. The standard InChI is InChI=1S/C14H16FNO2/c15-12-9-5-4-8-11(12)13(17)14(18)16-10-6-2-1-3-7-10/h4-5,8-10H,1-3,6-7H2,(H,16,18). The minimum atomic E-state index is -0.793. The van der Waals surface area contributed by atoms with Crippen LogP contribution in [0.4, 0.5) is 4.39 Å². The highest BCUT2D eigenvalue weighted by Gasteiger charge is 2.23. The van der Waals surface area contributed by atoms with Crippen molar-refractivity contribution in [2.24, 2.45) is 0 Å². The second-order valence-corrected chi connectivity index (χ2v) is 4.62. The molecule has 1 aliphatic rings. The van der Waals surface area contributed by atoms with E-state index in [0.29, 0.717) is 0 Å². The van der Waals surface area contributed by atoms with Gasteiger partial charge in [-0.05, 0) is 25.0 Å². The van der Waals surface area contributed by atoms with Crippen LogP contribution >= 0.6 is 0 Å². The van der Waals surface area contributed by atoms with E-state index in [9.17, 15) is 14.0 Å². The van der Waals surface area contributed by atoms with Crippen molar-refractivity contribution in [2.75, 3.05) is 0 Å². The molecule has 1 saturated carbocycles. The molecule has 0 atom stereocenters. The summed E-state index contributed by atoms with van der Waals surface area (Å²) in [4.78, 5) is 23.5. The summed E-state index contributed by atoms with van der Waals surface area (Å²) in [6.45, 7) is 0. The van der Waals surface area contributed by atoms with Gasteiger partial charge in [0.15, 0.2) is 0 Å². The van der Waals surface area contributed by atoms with E-state index in [2.05, 4.69) is 5.32 Å². The summed E-state index contributed by atoms with van der Waals surface area (Å²) in [5.41, 5.74) is -0.161. The van der Waals surface area contributed by atoms with Crippen molar-refractivity contribution in [3.63, 3.8) is 0 Å². The normalized spacial score (nSPS) is 16.3. The second-order valence-electron chi connectivity index (χ2n) is 4.62. The number of hydrogen-bond acceptors (Lipinski definition) is 2. The summed E-state index contributed by atoms with van der Waals surface area (Å²) >= 11 is 0. The number of Topliss-reactive ketones (excluding diaryl/α,β-unsaturated/α-hetero) is 1. The molecule has 0 aliphatic heterocycles. The Labute approximate surface area is 105 Å². The van der Waals surface area contributed by atoms with Crippen molar-refractivity contribution >= 4 is 11.7 Å². The van der Waals surface area contributed by atoms with E-state index in [1.54, 1.807) is 6.07 Å². The van der Waals surface area contributed by atoms with E-state index in [1.807, 2.05) is 0 Å². The van der Waals surface area contributed by atoms with Crippen LogP contribution < -0.4 is 5.32 Å². The Bertz CT molecular complexity index is 453. The van der Waals surface area contributed by atoms with Crippen molar-refractivity contribution in [3.05, 3.63) is 35.6 Å². The van der Waals surface area contributed by atoms with Crippen LogP contribution in [-0.2, 0) is 4.79 Å². The number of halogens is 1. The van der Waals surface area contributed by atoms with E-state index >= 15 is 0 Å². The Morgan fingerprint density at radius 3 is 2.44 bits per heavy atom. The fourth-order valence-electron chi connectivity index (χ4n) is 2.27. The van der Waals surface area contributed by atoms with Crippen LogP contribution in [0, 0.1) is 5.82 Å². The van der Waals surface area contributed by atoms with Gasteiger partial charge < -0.3 is 5.32 Å². The molecule has 2 rings (SSSR count). The number of carbonyl (C=O) groups excluding carboxylic acids is 2. The molecule has 0 heterocycles. The molecule has 0 aromatic heterocycles. The van der Waals surface area contributed by atoms with Gasteiger partial charge in [0.05, 0.1) is 5.56 Å². The zero-order valence-corrected chi connectivity index (χ0v) is 10.1. The molecular weight excluding hydrogens is 233 g/mol. The third-order valence-corrected chi connectivity index (χ3v) is 3.27. The monoisotopic (exact) mass is 249 g/mol. The number of rotatable bonds is 3. The lowest BCUT2D eigenvalue weighted by molar-refractivity contribution is -0.117. The van der Waals surface area contributed by atoms with Gasteiger partial charge in [0, 0.05) is 6.04 Å². The number of nitrogens with one attached hydrogen (secondary N) is 1. The highest BCUT2D eigenvalue weighted by atomic mass is 19.1. The van der Waals surface area contributed by atoms with Gasteiger partial charge in [-0.15, -0.1) is 0 Å². The smallest absolute Gasteiger partial charge is 0.292 e. The maximum atomic E-state index is 13.4. The van der Waals surface area contributed by atoms with E-state index < -0.39 is 17.5 Å². The first-order valence-electron chi connectivity index (χ1n) is 6.28. The average molecular weight is 249 g/mol. The Kier molecular flexibility index (Phi) is 4.07. The summed E-state index contributed by atoms with van der Waals surface area (Å²) in [7, 11) is 0. The first-order chi connectivity index (χ1) is 8.68.